The Balaban J connectivity index is 2.50. The first-order chi connectivity index (χ1) is 7.74. The summed E-state index contributed by atoms with van der Waals surface area (Å²) < 4.78 is 5.03. The molecule has 0 aliphatic carbocycles. The minimum Gasteiger partial charge on any atom is -0.385 e. The number of rotatable bonds is 7. The minimum atomic E-state index is 0.808. The van der Waals surface area contributed by atoms with Gasteiger partial charge in [-0.25, -0.2) is 0 Å². The summed E-state index contributed by atoms with van der Waals surface area (Å²) in [5.41, 5.74) is 2.57. The number of nitrogens with one attached hydrogen (secondary N) is 1. The van der Waals surface area contributed by atoms with Gasteiger partial charge in [0.25, 0.3) is 0 Å². The highest BCUT2D eigenvalue weighted by Crippen LogP contribution is 2.16. The zero-order valence-corrected chi connectivity index (χ0v) is 10.5. The predicted octanol–water partition coefficient (Wildman–Crippen LogP) is 2.20. The van der Waals surface area contributed by atoms with Gasteiger partial charge in [0.2, 0.25) is 0 Å². The van der Waals surface area contributed by atoms with Crippen LogP contribution >= 0.6 is 0 Å². The van der Waals surface area contributed by atoms with Crippen molar-refractivity contribution in [2.75, 3.05) is 39.7 Å². The average molecular weight is 222 g/mol. The number of para-hydroxylation sites is 1. The van der Waals surface area contributed by atoms with Crippen molar-refractivity contribution < 1.29 is 4.74 Å². The Morgan fingerprint density at radius 2 is 2.00 bits per heavy atom. The molecule has 1 aromatic rings. The Morgan fingerprint density at radius 3 is 2.69 bits per heavy atom. The summed E-state index contributed by atoms with van der Waals surface area (Å²) in [6, 6.07) is 8.45. The highest BCUT2D eigenvalue weighted by molar-refractivity contribution is 5.50. The first-order valence-electron chi connectivity index (χ1n) is 5.69. The van der Waals surface area contributed by atoms with E-state index in [1.54, 1.807) is 7.11 Å². The SMILES string of the molecule is COCCCNc1ccccc1CN(C)C. The van der Waals surface area contributed by atoms with Crippen LogP contribution in [-0.2, 0) is 11.3 Å². The first-order valence-corrected chi connectivity index (χ1v) is 5.69. The van der Waals surface area contributed by atoms with E-state index in [9.17, 15) is 0 Å². The van der Waals surface area contributed by atoms with Crippen LogP contribution in [0.4, 0.5) is 5.69 Å². The third-order valence-electron chi connectivity index (χ3n) is 2.34. The van der Waals surface area contributed by atoms with E-state index >= 15 is 0 Å². The van der Waals surface area contributed by atoms with Crippen molar-refractivity contribution in [1.29, 1.82) is 0 Å². The Hall–Kier alpha value is -1.06. The lowest BCUT2D eigenvalue weighted by molar-refractivity contribution is 0.198. The molecule has 0 aromatic heterocycles. The van der Waals surface area contributed by atoms with E-state index in [2.05, 4.69) is 48.6 Å². The van der Waals surface area contributed by atoms with Crippen molar-refractivity contribution in [2.24, 2.45) is 0 Å². The van der Waals surface area contributed by atoms with Crippen LogP contribution in [0, 0.1) is 0 Å². The summed E-state index contributed by atoms with van der Waals surface area (Å²) in [5.74, 6) is 0. The largest absolute Gasteiger partial charge is 0.385 e. The second kappa shape index (κ2) is 7.25. The molecule has 0 saturated heterocycles. The lowest BCUT2D eigenvalue weighted by Gasteiger charge is -2.15. The Kier molecular flexibility index (Phi) is 5.90. The van der Waals surface area contributed by atoms with Crippen LogP contribution in [0.25, 0.3) is 0 Å². The van der Waals surface area contributed by atoms with E-state index in [-0.39, 0.29) is 0 Å². The van der Waals surface area contributed by atoms with Gasteiger partial charge in [0.05, 0.1) is 0 Å². The minimum absolute atomic E-state index is 0.808. The van der Waals surface area contributed by atoms with E-state index in [0.717, 1.165) is 26.1 Å². The number of hydrogen-bond acceptors (Lipinski definition) is 3. The van der Waals surface area contributed by atoms with Crippen molar-refractivity contribution in [3.63, 3.8) is 0 Å². The molecule has 0 saturated carbocycles. The normalized spacial score (nSPS) is 10.8. The van der Waals surface area contributed by atoms with Crippen LogP contribution in [0.5, 0.6) is 0 Å². The molecule has 0 heterocycles. The summed E-state index contributed by atoms with van der Waals surface area (Å²) in [7, 11) is 5.91. The summed E-state index contributed by atoms with van der Waals surface area (Å²) in [5, 5.41) is 3.45. The van der Waals surface area contributed by atoms with Crippen LogP contribution in [0.3, 0.4) is 0 Å². The number of hydrogen-bond donors (Lipinski definition) is 1. The van der Waals surface area contributed by atoms with Gasteiger partial charge >= 0.3 is 0 Å². The van der Waals surface area contributed by atoms with Gasteiger partial charge in [0.15, 0.2) is 0 Å². The van der Waals surface area contributed by atoms with Crippen LogP contribution in [0.2, 0.25) is 0 Å². The van der Waals surface area contributed by atoms with Gasteiger partial charge in [-0.1, -0.05) is 18.2 Å². The molecular formula is C13H22N2O. The van der Waals surface area contributed by atoms with Gasteiger partial charge in [-0.2, -0.15) is 0 Å². The van der Waals surface area contributed by atoms with Gasteiger partial charge in [-0.3, -0.25) is 0 Å². The molecule has 1 rings (SSSR count). The molecule has 0 amide bonds. The van der Waals surface area contributed by atoms with Gasteiger partial charge in [-0.15, -0.1) is 0 Å². The molecular weight excluding hydrogens is 200 g/mol. The number of methoxy groups -OCH3 is 1. The average Bonchev–Trinajstić information content (AvgIpc) is 2.26. The molecule has 0 aliphatic rings. The molecule has 90 valence electrons. The fraction of sp³-hybridized carbons (Fsp3) is 0.538. The maximum absolute atomic E-state index is 5.03. The molecule has 0 bridgehead atoms. The third kappa shape index (κ3) is 4.64. The zero-order valence-electron chi connectivity index (χ0n) is 10.5. The van der Waals surface area contributed by atoms with E-state index in [4.69, 9.17) is 4.74 Å². The smallest absolute Gasteiger partial charge is 0.0479 e. The van der Waals surface area contributed by atoms with Crippen molar-refractivity contribution in [3.05, 3.63) is 29.8 Å². The predicted molar refractivity (Wildman–Crippen MR) is 68.8 cm³/mol. The maximum atomic E-state index is 5.03. The molecule has 0 unspecified atom stereocenters. The van der Waals surface area contributed by atoms with Crippen molar-refractivity contribution in [3.8, 4) is 0 Å². The molecule has 1 aromatic carbocycles. The second-order valence-electron chi connectivity index (χ2n) is 4.17. The molecule has 0 spiro atoms. The van der Waals surface area contributed by atoms with Crippen LogP contribution in [0.15, 0.2) is 24.3 Å². The Labute approximate surface area is 98.4 Å². The maximum Gasteiger partial charge on any atom is 0.0479 e. The quantitative estimate of drug-likeness (QED) is 0.716. The van der Waals surface area contributed by atoms with Crippen molar-refractivity contribution >= 4 is 5.69 Å². The molecule has 3 heteroatoms. The van der Waals surface area contributed by atoms with E-state index in [1.165, 1.54) is 11.3 Å². The van der Waals surface area contributed by atoms with Crippen LogP contribution < -0.4 is 5.32 Å². The first kappa shape index (κ1) is 13.0. The molecule has 0 aliphatic heterocycles. The summed E-state index contributed by atoms with van der Waals surface area (Å²) in [6.07, 6.45) is 1.03. The van der Waals surface area contributed by atoms with Crippen LogP contribution in [-0.4, -0.2) is 39.3 Å². The Morgan fingerprint density at radius 1 is 1.25 bits per heavy atom. The Bertz CT molecular complexity index is 300. The summed E-state index contributed by atoms with van der Waals surface area (Å²) >= 11 is 0. The molecule has 0 radical (unpaired) electrons. The van der Waals surface area contributed by atoms with E-state index in [1.807, 2.05) is 0 Å². The monoisotopic (exact) mass is 222 g/mol. The summed E-state index contributed by atoms with van der Waals surface area (Å²) in [4.78, 5) is 2.18. The van der Waals surface area contributed by atoms with Gasteiger partial charge < -0.3 is 15.0 Å². The molecule has 1 N–H and O–H groups in total. The van der Waals surface area contributed by atoms with Gasteiger partial charge in [0.1, 0.15) is 0 Å². The van der Waals surface area contributed by atoms with E-state index < -0.39 is 0 Å². The van der Waals surface area contributed by atoms with Gasteiger partial charge in [-0.05, 0) is 32.1 Å². The van der Waals surface area contributed by atoms with Crippen molar-refractivity contribution in [2.45, 2.75) is 13.0 Å². The topological polar surface area (TPSA) is 24.5 Å². The number of nitrogens with zero attached hydrogens (tertiary/aromatic N) is 1. The molecule has 0 fully saturated rings. The second-order valence-corrected chi connectivity index (χ2v) is 4.17. The number of ether oxygens (including phenoxy) is 1. The summed E-state index contributed by atoms with van der Waals surface area (Å²) in [6.45, 7) is 2.73. The lowest BCUT2D eigenvalue weighted by Crippen LogP contribution is -2.13. The number of anilines is 1. The van der Waals surface area contributed by atoms with Crippen LogP contribution in [0.1, 0.15) is 12.0 Å². The fourth-order valence-electron chi connectivity index (χ4n) is 1.61. The lowest BCUT2D eigenvalue weighted by atomic mass is 10.1. The zero-order chi connectivity index (χ0) is 11.8. The highest BCUT2D eigenvalue weighted by atomic mass is 16.5. The van der Waals surface area contributed by atoms with E-state index in [0.29, 0.717) is 0 Å². The molecule has 16 heavy (non-hydrogen) atoms. The van der Waals surface area contributed by atoms with Gasteiger partial charge in [0, 0.05) is 32.5 Å². The van der Waals surface area contributed by atoms with Crippen molar-refractivity contribution in [1.82, 2.24) is 4.90 Å². The standard InChI is InChI=1S/C13H22N2O/c1-15(2)11-12-7-4-5-8-13(12)14-9-6-10-16-3/h4-5,7-8,14H,6,9-11H2,1-3H3. The molecule has 0 atom stereocenters. The molecule has 3 nitrogen and oxygen atoms in total. The third-order valence-corrected chi connectivity index (χ3v) is 2.34. The fourth-order valence-corrected chi connectivity index (χ4v) is 1.61. The highest BCUT2D eigenvalue weighted by Gasteiger charge is 2.01. The number of benzene rings is 1.